The fourth-order valence-corrected chi connectivity index (χ4v) is 2.32. The first-order valence-electron chi connectivity index (χ1n) is 4.34. The minimum atomic E-state index is -0.625. The lowest BCUT2D eigenvalue weighted by molar-refractivity contribution is 0.555. The fourth-order valence-electron chi connectivity index (χ4n) is 1.53. The highest BCUT2D eigenvalue weighted by Crippen LogP contribution is 2.52. The van der Waals surface area contributed by atoms with Gasteiger partial charge in [0, 0.05) is 5.56 Å². The number of benzene rings is 1. The third-order valence-corrected chi connectivity index (χ3v) is 3.50. The quantitative estimate of drug-likeness (QED) is 0.465. The fraction of sp³-hybridized carbons (Fsp3) is 0.300. The van der Waals surface area contributed by atoms with Crippen LogP contribution in [0.2, 0.25) is 5.02 Å². The van der Waals surface area contributed by atoms with Crippen LogP contribution >= 0.6 is 27.5 Å². The van der Waals surface area contributed by atoms with Crippen LogP contribution in [0.25, 0.3) is 0 Å². The number of halogens is 3. The third kappa shape index (κ3) is 1.73. The molecule has 0 atom stereocenters. The highest BCUT2D eigenvalue weighted by molar-refractivity contribution is 9.10. The van der Waals surface area contributed by atoms with Gasteiger partial charge in [-0.3, -0.25) is 0 Å². The van der Waals surface area contributed by atoms with Gasteiger partial charge in [0.15, 0.2) is 5.82 Å². The van der Waals surface area contributed by atoms with Crippen molar-refractivity contribution >= 4 is 33.6 Å². The van der Waals surface area contributed by atoms with E-state index >= 15 is 0 Å². The monoisotopic (exact) mass is 289 g/mol. The van der Waals surface area contributed by atoms with E-state index in [0.29, 0.717) is 22.9 Å². The highest BCUT2D eigenvalue weighted by atomic mass is 79.9. The van der Waals surface area contributed by atoms with Gasteiger partial charge in [0.05, 0.1) is 15.0 Å². The smallest absolute Gasteiger partial charge is 0.211 e. The van der Waals surface area contributed by atoms with Crippen LogP contribution in [0.5, 0.6) is 0 Å². The molecule has 15 heavy (non-hydrogen) atoms. The van der Waals surface area contributed by atoms with E-state index in [9.17, 15) is 9.18 Å². The van der Waals surface area contributed by atoms with Gasteiger partial charge < -0.3 is 0 Å². The Morgan fingerprint density at radius 2 is 2.20 bits per heavy atom. The topological polar surface area (TPSA) is 29.4 Å². The molecule has 0 radical (unpaired) electrons. The van der Waals surface area contributed by atoms with Gasteiger partial charge in [-0.05, 0) is 34.8 Å². The summed E-state index contributed by atoms with van der Waals surface area (Å²) < 4.78 is 13.8. The number of hydrogen-bond donors (Lipinski definition) is 0. The number of isocyanates is 1. The third-order valence-electron chi connectivity index (χ3n) is 2.52. The lowest BCUT2D eigenvalue weighted by Crippen LogP contribution is -2.04. The van der Waals surface area contributed by atoms with Crippen molar-refractivity contribution in [3.8, 4) is 0 Å². The van der Waals surface area contributed by atoms with Crippen molar-refractivity contribution in [3.05, 3.63) is 33.0 Å². The largest absolute Gasteiger partial charge is 0.235 e. The Bertz CT molecular complexity index is 467. The van der Waals surface area contributed by atoms with Crippen molar-refractivity contribution in [2.75, 3.05) is 0 Å². The molecular formula is C10H6BrClFNO. The molecule has 2 rings (SSSR count). The molecule has 1 aliphatic rings. The molecule has 0 saturated heterocycles. The molecule has 0 spiro atoms. The van der Waals surface area contributed by atoms with Crippen LogP contribution in [0.15, 0.2) is 21.6 Å². The Morgan fingerprint density at radius 3 is 2.73 bits per heavy atom. The van der Waals surface area contributed by atoms with E-state index in [-0.39, 0.29) is 5.02 Å². The summed E-state index contributed by atoms with van der Waals surface area (Å²) >= 11 is 8.90. The van der Waals surface area contributed by atoms with Crippen molar-refractivity contribution < 1.29 is 9.18 Å². The van der Waals surface area contributed by atoms with Crippen LogP contribution in [-0.4, -0.2) is 6.08 Å². The van der Waals surface area contributed by atoms with E-state index < -0.39 is 11.4 Å². The van der Waals surface area contributed by atoms with Crippen molar-refractivity contribution in [1.82, 2.24) is 0 Å². The van der Waals surface area contributed by atoms with Gasteiger partial charge in [-0.1, -0.05) is 17.7 Å². The SMILES string of the molecule is O=C=NC1(c2ccc(Br)c(F)c2Cl)CC1. The maximum Gasteiger partial charge on any atom is 0.235 e. The lowest BCUT2D eigenvalue weighted by atomic mass is 10.1. The molecule has 0 heterocycles. The van der Waals surface area contributed by atoms with Gasteiger partial charge >= 0.3 is 0 Å². The molecule has 0 aromatic heterocycles. The second-order valence-corrected chi connectivity index (χ2v) is 4.69. The molecule has 5 heteroatoms. The number of nitrogens with zero attached hydrogens (tertiary/aromatic N) is 1. The Hall–Kier alpha value is -0.700. The zero-order valence-corrected chi connectivity index (χ0v) is 9.90. The lowest BCUT2D eigenvalue weighted by Gasteiger charge is -2.11. The molecule has 0 N–H and O–H groups in total. The van der Waals surface area contributed by atoms with Crippen LogP contribution in [-0.2, 0) is 10.3 Å². The normalized spacial score (nSPS) is 17.0. The zero-order chi connectivity index (χ0) is 11.1. The van der Waals surface area contributed by atoms with Crippen molar-refractivity contribution in [2.45, 2.75) is 18.4 Å². The second kappa shape index (κ2) is 3.71. The zero-order valence-electron chi connectivity index (χ0n) is 7.56. The molecule has 1 aliphatic carbocycles. The molecular weight excluding hydrogens is 284 g/mol. The number of aliphatic imine (C=N–C) groups is 1. The average molecular weight is 291 g/mol. The van der Waals surface area contributed by atoms with E-state index in [4.69, 9.17) is 11.6 Å². The van der Waals surface area contributed by atoms with Crippen molar-refractivity contribution in [1.29, 1.82) is 0 Å². The Kier molecular flexibility index (Phi) is 2.67. The summed E-state index contributed by atoms with van der Waals surface area (Å²) in [4.78, 5) is 14.0. The van der Waals surface area contributed by atoms with Gasteiger partial charge in [-0.25, -0.2) is 9.18 Å². The number of hydrogen-bond acceptors (Lipinski definition) is 2. The van der Waals surface area contributed by atoms with Crippen LogP contribution in [0.4, 0.5) is 4.39 Å². The first-order chi connectivity index (χ1) is 7.10. The molecule has 2 nitrogen and oxygen atoms in total. The van der Waals surface area contributed by atoms with E-state index in [0.717, 1.165) is 0 Å². The maximum atomic E-state index is 13.5. The Morgan fingerprint density at radius 1 is 1.53 bits per heavy atom. The van der Waals surface area contributed by atoms with Gasteiger partial charge in [0.25, 0.3) is 0 Å². The summed E-state index contributed by atoms with van der Waals surface area (Å²) in [7, 11) is 0. The van der Waals surface area contributed by atoms with Gasteiger partial charge in [-0.2, -0.15) is 4.99 Å². The molecule has 0 unspecified atom stereocenters. The molecule has 0 aliphatic heterocycles. The number of carbonyl (C=O) groups excluding carboxylic acids is 1. The van der Waals surface area contributed by atoms with Crippen molar-refractivity contribution in [3.63, 3.8) is 0 Å². The standard InChI is InChI=1S/C10H6BrClFNO/c11-7-2-1-6(8(12)9(7)13)10(3-4-10)14-5-15/h1-2H,3-4H2. The summed E-state index contributed by atoms with van der Waals surface area (Å²) in [6.45, 7) is 0. The second-order valence-electron chi connectivity index (χ2n) is 3.46. The molecule has 78 valence electrons. The Balaban J connectivity index is 2.55. The highest BCUT2D eigenvalue weighted by Gasteiger charge is 2.46. The van der Waals surface area contributed by atoms with Gasteiger partial charge in [0.2, 0.25) is 6.08 Å². The minimum Gasteiger partial charge on any atom is -0.211 e. The predicted octanol–water partition coefficient (Wildman–Crippen LogP) is 3.57. The van der Waals surface area contributed by atoms with Gasteiger partial charge in [-0.15, -0.1) is 0 Å². The summed E-state index contributed by atoms with van der Waals surface area (Å²) in [5, 5.41) is 0.0286. The van der Waals surface area contributed by atoms with Crippen LogP contribution in [0.3, 0.4) is 0 Å². The number of rotatable bonds is 2. The predicted molar refractivity (Wildman–Crippen MR) is 58.1 cm³/mol. The summed E-state index contributed by atoms with van der Waals surface area (Å²) in [6, 6.07) is 3.25. The van der Waals surface area contributed by atoms with E-state index in [1.165, 1.54) is 6.08 Å². The van der Waals surface area contributed by atoms with E-state index in [1.807, 2.05) is 0 Å². The van der Waals surface area contributed by atoms with E-state index in [2.05, 4.69) is 20.9 Å². The summed E-state index contributed by atoms with van der Waals surface area (Å²) in [5.74, 6) is -0.512. The van der Waals surface area contributed by atoms with Crippen molar-refractivity contribution in [2.24, 2.45) is 4.99 Å². The Labute approximate surface area is 99.3 Å². The molecule has 0 amide bonds. The molecule has 0 bridgehead atoms. The average Bonchev–Trinajstić information content (AvgIpc) is 2.96. The summed E-state index contributed by atoms with van der Waals surface area (Å²) in [6.07, 6.45) is 2.94. The van der Waals surface area contributed by atoms with Crippen LogP contribution < -0.4 is 0 Å². The molecule has 1 saturated carbocycles. The molecule has 1 fully saturated rings. The first kappa shape index (κ1) is 10.8. The van der Waals surface area contributed by atoms with Crippen LogP contribution in [0.1, 0.15) is 18.4 Å². The van der Waals surface area contributed by atoms with E-state index in [1.54, 1.807) is 12.1 Å². The van der Waals surface area contributed by atoms with Crippen LogP contribution in [0, 0.1) is 5.82 Å². The maximum absolute atomic E-state index is 13.5. The first-order valence-corrected chi connectivity index (χ1v) is 5.51. The molecule has 1 aromatic carbocycles. The molecule has 1 aromatic rings. The summed E-state index contributed by atoms with van der Waals surface area (Å²) in [5.41, 5.74) is -0.0615. The minimum absolute atomic E-state index is 0.0286. The van der Waals surface area contributed by atoms with Gasteiger partial charge in [0.1, 0.15) is 0 Å².